The summed E-state index contributed by atoms with van der Waals surface area (Å²) in [5, 5.41) is 8.50. The third kappa shape index (κ3) is 10.3. The molecule has 1 aliphatic carbocycles. The molecule has 1 aromatic rings. The zero-order chi connectivity index (χ0) is 21.6. The first-order valence-corrected chi connectivity index (χ1v) is 10.2. The minimum absolute atomic E-state index is 0.00651. The molecular weight excluding hydrogens is 356 g/mol. The lowest BCUT2D eigenvalue weighted by molar-refractivity contribution is -0.138. The Morgan fingerprint density at radius 2 is 1.93 bits per heavy atom. The van der Waals surface area contributed by atoms with E-state index in [-0.39, 0.29) is 25.0 Å². The van der Waals surface area contributed by atoms with Crippen molar-refractivity contribution >= 4 is 5.78 Å². The fourth-order valence-corrected chi connectivity index (χ4v) is 2.85. The van der Waals surface area contributed by atoms with Crippen molar-refractivity contribution in [2.24, 2.45) is 5.92 Å². The van der Waals surface area contributed by atoms with Crippen LogP contribution in [0.3, 0.4) is 0 Å². The van der Waals surface area contributed by atoms with Gasteiger partial charge in [-0.1, -0.05) is 44.9 Å². The molecule has 0 radical (unpaired) electrons. The number of carbonyl (C=O) groups is 1. The number of unbranched alkanes of at least 4 members (excludes halogenated alkanes) is 1. The van der Waals surface area contributed by atoms with Gasteiger partial charge in [-0.15, -0.1) is 0 Å². The van der Waals surface area contributed by atoms with Gasteiger partial charge in [-0.3, -0.25) is 4.79 Å². The maximum absolute atomic E-state index is 13.2. The number of nitrogens with zero attached hydrogens (tertiary/aromatic N) is 1. The van der Waals surface area contributed by atoms with Crippen molar-refractivity contribution in [3.8, 4) is 6.07 Å². The maximum Gasteiger partial charge on any atom is 0.251 e. The molecular formula is C24H35F2NO. The van der Waals surface area contributed by atoms with Gasteiger partial charge in [0.15, 0.2) is 0 Å². The molecule has 4 heteroatoms. The van der Waals surface area contributed by atoms with Crippen molar-refractivity contribution in [3.05, 3.63) is 47.0 Å². The van der Waals surface area contributed by atoms with Crippen molar-refractivity contribution in [3.63, 3.8) is 0 Å². The minimum atomic E-state index is -2.59. The zero-order valence-corrected chi connectivity index (χ0v) is 18.0. The maximum atomic E-state index is 13.2. The number of benzene rings is 1. The Labute approximate surface area is 169 Å². The van der Waals surface area contributed by atoms with Crippen LogP contribution in [-0.2, 0) is 4.79 Å². The number of ketones is 1. The molecule has 1 aromatic carbocycles. The van der Waals surface area contributed by atoms with Crippen molar-refractivity contribution in [2.75, 3.05) is 0 Å². The summed E-state index contributed by atoms with van der Waals surface area (Å²) in [4.78, 5) is 11.0. The summed E-state index contributed by atoms with van der Waals surface area (Å²) < 4.78 is 26.4. The van der Waals surface area contributed by atoms with Gasteiger partial charge < -0.3 is 0 Å². The molecule has 0 N–H and O–H groups in total. The first kappa shape index (κ1) is 26.0. The number of rotatable bonds is 4. The molecule has 0 aliphatic heterocycles. The van der Waals surface area contributed by atoms with Crippen LogP contribution in [0.25, 0.3) is 0 Å². The van der Waals surface area contributed by atoms with Crippen LogP contribution in [0.5, 0.6) is 0 Å². The van der Waals surface area contributed by atoms with Crippen LogP contribution in [0.15, 0.2) is 30.4 Å². The molecule has 1 aliphatic rings. The van der Waals surface area contributed by atoms with Gasteiger partial charge >= 0.3 is 0 Å². The van der Waals surface area contributed by atoms with E-state index in [0.717, 1.165) is 24.8 Å². The Morgan fingerprint density at radius 3 is 2.39 bits per heavy atom. The van der Waals surface area contributed by atoms with E-state index in [4.69, 9.17) is 5.26 Å². The van der Waals surface area contributed by atoms with Gasteiger partial charge in [0, 0.05) is 25.2 Å². The molecule has 2 nitrogen and oxygen atoms in total. The van der Waals surface area contributed by atoms with E-state index in [1.54, 1.807) is 0 Å². The van der Waals surface area contributed by atoms with Crippen LogP contribution in [0, 0.1) is 31.1 Å². The van der Waals surface area contributed by atoms with Gasteiger partial charge in [-0.25, -0.2) is 8.78 Å². The second-order valence-corrected chi connectivity index (χ2v) is 7.23. The number of hydrogen-bond donors (Lipinski definition) is 0. The van der Waals surface area contributed by atoms with Crippen LogP contribution in [0.4, 0.5) is 8.78 Å². The number of hydrogen-bond acceptors (Lipinski definition) is 2. The highest BCUT2D eigenvalue weighted by Crippen LogP contribution is 2.39. The smallest absolute Gasteiger partial charge is 0.251 e. The molecule has 0 amide bonds. The number of alkyl halides is 2. The SMILES string of the molecule is C/C=C/CC.CCCCC1CC(=O)CCC1(F)F.Cc1ccc(C#N)cc1C. The number of allylic oxidation sites excluding steroid dienone is 2. The topological polar surface area (TPSA) is 40.9 Å². The molecule has 0 bridgehead atoms. The summed E-state index contributed by atoms with van der Waals surface area (Å²) in [5.41, 5.74) is 3.15. The molecule has 156 valence electrons. The highest BCUT2D eigenvalue weighted by Gasteiger charge is 2.43. The number of halogens is 2. The molecule has 1 saturated carbocycles. The fraction of sp³-hybridized carbons (Fsp3) is 0.583. The summed E-state index contributed by atoms with van der Waals surface area (Å²) in [6.45, 7) is 10.2. The van der Waals surface area contributed by atoms with E-state index in [1.165, 1.54) is 11.1 Å². The average molecular weight is 392 g/mol. The van der Waals surface area contributed by atoms with Gasteiger partial charge in [0.25, 0.3) is 5.92 Å². The van der Waals surface area contributed by atoms with E-state index in [1.807, 2.05) is 45.9 Å². The zero-order valence-electron chi connectivity index (χ0n) is 18.0. The van der Waals surface area contributed by atoms with Crippen LogP contribution in [0.1, 0.15) is 82.4 Å². The van der Waals surface area contributed by atoms with E-state index in [9.17, 15) is 13.6 Å². The standard InChI is InChI=1S/C10H16F2O.C9H9N.C5H10/c1-2-3-4-8-7-9(13)5-6-10(8,11)12;1-7-3-4-9(6-10)5-8(7)2;1-3-5-4-2/h8H,2-7H2,1H3;3-5H,1-2H3;3,5H,4H2,1-2H3/b;;5-3+. The van der Waals surface area contributed by atoms with Crippen LogP contribution < -0.4 is 0 Å². The average Bonchev–Trinajstić information content (AvgIpc) is 2.66. The van der Waals surface area contributed by atoms with Gasteiger partial charge in [0.2, 0.25) is 0 Å². The third-order valence-electron chi connectivity index (χ3n) is 4.82. The quantitative estimate of drug-likeness (QED) is 0.504. The molecule has 0 spiro atoms. The highest BCUT2D eigenvalue weighted by molar-refractivity contribution is 5.79. The molecule has 1 unspecified atom stereocenters. The van der Waals surface area contributed by atoms with Crippen LogP contribution in [0.2, 0.25) is 0 Å². The fourth-order valence-electron chi connectivity index (χ4n) is 2.85. The second-order valence-electron chi connectivity index (χ2n) is 7.23. The lowest BCUT2D eigenvalue weighted by Crippen LogP contribution is -2.35. The Hall–Kier alpha value is -2.02. The van der Waals surface area contributed by atoms with Gasteiger partial charge in [0.05, 0.1) is 11.6 Å². The number of Topliss-reactive ketones (excluding diaryl/α,β-unsaturated/α-hetero) is 1. The Bertz CT molecular complexity index is 659. The van der Waals surface area contributed by atoms with Crippen molar-refractivity contribution in [1.29, 1.82) is 5.26 Å². The van der Waals surface area contributed by atoms with E-state index >= 15 is 0 Å². The minimum Gasteiger partial charge on any atom is -0.300 e. The second kappa shape index (κ2) is 14.0. The highest BCUT2D eigenvalue weighted by atomic mass is 19.3. The number of aryl methyl sites for hydroxylation is 2. The summed E-state index contributed by atoms with van der Waals surface area (Å²) in [7, 11) is 0. The molecule has 2 rings (SSSR count). The van der Waals surface area contributed by atoms with E-state index < -0.39 is 11.8 Å². The third-order valence-corrected chi connectivity index (χ3v) is 4.82. The first-order valence-electron chi connectivity index (χ1n) is 10.2. The lowest BCUT2D eigenvalue weighted by Gasteiger charge is -2.30. The van der Waals surface area contributed by atoms with Crippen LogP contribution >= 0.6 is 0 Å². The summed E-state index contributed by atoms with van der Waals surface area (Å²) >= 11 is 0. The summed E-state index contributed by atoms with van der Waals surface area (Å²) in [6.07, 6.45) is 7.48. The molecule has 0 heterocycles. The van der Waals surface area contributed by atoms with Gasteiger partial charge in [0.1, 0.15) is 5.78 Å². The molecule has 1 fully saturated rings. The monoisotopic (exact) mass is 391 g/mol. The first-order chi connectivity index (χ1) is 13.2. The largest absolute Gasteiger partial charge is 0.300 e. The Morgan fingerprint density at radius 1 is 1.25 bits per heavy atom. The van der Waals surface area contributed by atoms with Crippen molar-refractivity contribution < 1.29 is 13.6 Å². The Kier molecular flexibility index (Phi) is 13.0. The van der Waals surface area contributed by atoms with E-state index in [2.05, 4.69) is 25.1 Å². The number of nitriles is 1. The Balaban J connectivity index is 0.000000431. The van der Waals surface area contributed by atoms with Crippen molar-refractivity contribution in [1.82, 2.24) is 0 Å². The van der Waals surface area contributed by atoms with Gasteiger partial charge in [-0.05, 0) is 56.9 Å². The summed E-state index contributed by atoms with van der Waals surface area (Å²) in [5.74, 6) is -3.27. The van der Waals surface area contributed by atoms with Crippen LogP contribution in [-0.4, -0.2) is 11.7 Å². The van der Waals surface area contributed by atoms with Gasteiger partial charge in [-0.2, -0.15) is 5.26 Å². The normalized spacial score (nSPS) is 17.8. The van der Waals surface area contributed by atoms with Crippen molar-refractivity contribution in [2.45, 2.75) is 85.5 Å². The molecule has 1 atom stereocenters. The molecule has 28 heavy (non-hydrogen) atoms. The lowest BCUT2D eigenvalue weighted by atomic mass is 9.82. The predicted molar refractivity (Wildman–Crippen MR) is 113 cm³/mol. The summed E-state index contributed by atoms with van der Waals surface area (Å²) in [6, 6.07) is 7.79. The molecule has 0 saturated heterocycles. The molecule has 0 aromatic heterocycles. The predicted octanol–water partition coefficient (Wildman–Crippen LogP) is 7.33. The van der Waals surface area contributed by atoms with E-state index in [0.29, 0.717) is 6.42 Å². The number of carbonyl (C=O) groups excluding carboxylic acids is 1.